The Labute approximate surface area is 150 Å². The standard InChI is InChI=1S/C19H18N4O3/c24-14-3-1-12(2-4-14)22-19-17-15(20-11-21-19)5-6-16-18(17)26-10-13-9-25-8-7-23(13)16/h1-6,11,13,24H,7-10H2,(H,20,21,22). The minimum Gasteiger partial charge on any atom is -0.508 e. The molecule has 2 aliphatic heterocycles. The van der Waals surface area contributed by atoms with E-state index < -0.39 is 0 Å². The molecule has 0 aliphatic carbocycles. The number of nitrogens with one attached hydrogen (secondary N) is 1. The molecule has 132 valence electrons. The zero-order chi connectivity index (χ0) is 17.5. The number of hydrogen-bond donors (Lipinski definition) is 2. The Morgan fingerprint density at radius 1 is 1.08 bits per heavy atom. The molecule has 0 bridgehead atoms. The average molecular weight is 350 g/mol. The molecule has 7 nitrogen and oxygen atoms in total. The van der Waals surface area contributed by atoms with Crippen LogP contribution in [0.25, 0.3) is 10.9 Å². The van der Waals surface area contributed by atoms with Gasteiger partial charge in [0.1, 0.15) is 24.5 Å². The van der Waals surface area contributed by atoms with E-state index in [4.69, 9.17) is 9.47 Å². The maximum atomic E-state index is 9.47. The van der Waals surface area contributed by atoms with Crippen LogP contribution in [-0.2, 0) is 4.74 Å². The maximum Gasteiger partial charge on any atom is 0.155 e. The molecule has 1 saturated heterocycles. The lowest BCUT2D eigenvalue weighted by Crippen LogP contribution is -2.51. The number of ether oxygens (including phenoxy) is 2. The van der Waals surface area contributed by atoms with Crippen molar-refractivity contribution in [3.63, 3.8) is 0 Å². The van der Waals surface area contributed by atoms with E-state index in [-0.39, 0.29) is 11.8 Å². The summed E-state index contributed by atoms with van der Waals surface area (Å²) in [6.07, 6.45) is 1.54. The van der Waals surface area contributed by atoms with Gasteiger partial charge in [-0.15, -0.1) is 0 Å². The van der Waals surface area contributed by atoms with Gasteiger partial charge in [0, 0.05) is 12.2 Å². The highest BCUT2D eigenvalue weighted by Gasteiger charge is 2.32. The smallest absolute Gasteiger partial charge is 0.155 e. The molecule has 2 aromatic carbocycles. The highest BCUT2D eigenvalue weighted by molar-refractivity contribution is 6.00. The van der Waals surface area contributed by atoms with Gasteiger partial charge in [0.25, 0.3) is 0 Å². The first-order chi connectivity index (χ1) is 12.8. The normalized spacial score (nSPS) is 18.8. The summed E-state index contributed by atoms with van der Waals surface area (Å²) in [6, 6.07) is 11.2. The van der Waals surface area contributed by atoms with Crippen molar-refractivity contribution in [2.45, 2.75) is 6.04 Å². The Balaban J connectivity index is 1.62. The van der Waals surface area contributed by atoms with Gasteiger partial charge in [0.05, 0.1) is 35.8 Å². The van der Waals surface area contributed by atoms with Crippen LogP contribution in [0.2, 0.25) is 0 Å². The molecular formula is C19H18N4O3. The first kappa shape index (κ1) is 15.2. The Morgan fingerprint density at radius 3 is 2.85 bits per heavy atom. The number of phenols is 1. The summed E-state index contributed by atoms with van der Waals surface area (Å²) < 4.78 is 11.7. The van der Waals surface area contributed by atoms with Crippen molar-refractivity contribution in [1.82, 2.24) is 9.97 Å². The van der Waals surface area contributed by atoms with E-state index in [1.165, 1.54) is 6.33 Å². The number of aromatic hydroxyl groups is 1. The summed E-state index contributed by atoms with van der Waals surface area (Å²) in [5.74, 6) is 1.72. The molecule has 0 spiro atoms. The molecule has 2 aliphatic rings. The number of benzene rings is 2. The summed E-state index contributed by atoms with van der Waals surface area (Å²) in [5.41, 5.74) is 2.72. The Morgan fingerprint density at radius 2 is 1.96 bits per heavy atom. The largest absolute Gasteiger partial charge is 0.508 e. The van der Waals surface area contributed by atoms with Crippen LogP contribution in [0.5, 0.6) is 11.5 Å². The molecule has 5 rings (SSSR count). The molecule has 0 radical (unpaired) electrons. The fourth-order valence-electron chi connectivity index (χ4n) is 3.55. The highest BCUT2D eigenvalue weighted by atomic mass is 16.5. The number of morpholine rings is 1. The maximum absolute atomic E-state index is 9.47. The van der Waals surface area contributed by atoms with Crippen molar-refractivity contribution in [2.75, 3.05) is 36.6 Å². The molecule has 7 heteroatoms. The third-order valence-electron chi connectivity index (χ3n) is 4.82. The molecule has 3 aromatic rings. The number of phenolic OH excluding ortho intramolecular Hbond substituents is 1. The number of fused-ring (bicyclic) bond motifs is 5. The van der Waals surface area contributed by atoms with Crippen molar-refractivity contribution in [3.05, 3.63) is 42.7 Å². The van der Waals surface area contributed by atoms with Gasteiger partial charge in [-0.05, 0) is 36.4 Å². The predicted molar refractivity (Wildman–Crippen MR) is 98.4 cm³/mol. The monoisotopic (exact) mass is 350 g/mol. The van der Waals surface area contributed by atoms with Gasteiger partial charge >= 0.3 is 0 Å². The molecule has 2 N–H and O–H groups in total. The topological polar surface area (TPSA) is 79.7 Å². The third kappa shape index (κ3) is 2.48. The zero-order valence-corrected chi connectivity index (χ0v) is 14.1. The molecule has 1 unspecified atom stereocenters. The quantitative estimate of drug-likeness (QED) is 0.688. The van der Waals surface area contributed by atoms with Crippen molar-refractivity contribution in [1.29, 1.82) is 0 Å². The van der Waals surface area contributed by atoms with Crippen LogP contribution < -0.4 is 15.0 Å². The summed E-state index contributed by atoms with van der Waals surface area (Å²) in [6.45, 7) is 2.83. The zero-order valence-electron chi connectivity index (χ0n) is 14.1. The molecule has 0 amide bonds. The third-order valence-corrected chi connectivity index (χ3v) is 4.82. The minimum atomic E-state index is 0.224. The lowest BCUT2D eigenvalue weighted by Gasteiger charge is -2.41. The van der Waals surface area contributed by atoms with Crippen molar-refractivity contribution in [2.24, 2.45) is 0 Å². The van der Waals surface area contributed by atoms with Gasteiger partial charge in [-0.25, -0.2) is 9.97 Å². The molecule has 26 heavy (non-hydrogen) atoms. The second-order valence-electron chi connectivity index (χ2n) is 6.44. The van der Waals surface area contributed by atoms with Gasteiger partial charge in [0.15, 0.2) is 5.75 Å². The summed E-state index contributed by atoms with van der Waals surface area (Å²) >= 11 is 0. The van der Waals surface area contributed by atoms with Crippen LogP contribution in [0.4, 0.5) is 17.2 Å². The number of nitrogens with zero attached hydrogens (tertiary/aromatic N) is 3. The van der Waals surface area contributed by atoms with Crippen molar-refractivity contribution in [3.8, 4) is 11.5 Å². The van der Waals surface area contributed by atoms with Gasteiger partial charge in [-0.3, -0.25) is 0 Å². The van der Waals surface area contributed by atoms with Gasteiger partial charge in [0.2, 0.25) is 0 Å². The molecule has 3 heterocycles. The Hall–Kier alpha value is -3.06. The Kier molecular flexibility index (Phi) is 3.53. The van der Waals surface area contributed by atoms with E-state index in [1.54, 1.807) is 24.3 Å². The van der Waals surface area contributed by atoms with E-state index in [1.807, 2.05) is 6.07 Å². The van der Waals surface area contributed by atoms with E-state index in [9.17, 15) is 5.11 Å². The van der Waals surface area contributed by atoms with Crippen LogP contribution in [0.1, 0.15) is 0 Å². The fraction of sp³-hybridized carbons (Fsp3) is 0.263. The Bertz CT molecular complexity index is 961. The second-order valence-corrected chi connectivity index (χ2v) is 6.44. The van der Waals surface area contributed by atoms with Crippen LogP contribution in [-0.4, -0.2) is 47.5 Å². The number of anilines is 3. The van der Waals surface area contributed by atoms with Crippen LogP contribution >= 0.6 is 0 Å². The summed E-state index contributed by atoms with van der Waals surface area (Å²) in [5, 5.41) is 13.6. The number of rotatable bonds is 2. The molecule has 1 aromatic heterocycles. The number of hydrogen-bond acceptors (Lipinski definition) is 7. The SMILES string of the molecule is Oc1ccc(Nc2ncnc3ccc4c(c23)OCC2COCCN42)cc1. The van der Waals surface area contributed by atoms with Gasteiger partial charge in [-0.1, -0.05) is 0 Å². The highest BCUT2D eigenvalue weighted by Crippen LogP contribution is 2.43. The van der Waals surface area contributed by atoms with E-state index >= 15 is 0 Å². The fourth-order valence-corrected chi connectivity index (χ4v) is 3.55. The summed E-state index contributed by atoms with van der Waals surface area (Å²) in [4.78, 5) is 11.2. The van der Waals surface area contributed by atoms with E-state index in [0.717, 1.165) is 41.2 Å². The van der Waals surface area contributed by atoms with E-state index in [0.29, 0.717) is 19.0 Å². The molecular weight excluding hydrogens is 332 g/mol. The summed E-state index contributed by atoms with van der Waals surface area (Å²) in [7, 11) is 0. The first-order valence-electron chi connectivity index (χ1n) is 8.60. The number of aromatic nitrogens is 2. The van der Waals surface area contributed by atoms with Gasteiger partial charge in [-0.2, -0.15) is 0 Å². The molecule has 0 saturated carbocycles. The van der Waals surface area contributed by atoms with Gasteiger partial charge < -0.3 is 24.8 Å². The lowest BCUT2D eigenvalue weighted by molar-refractivity contribution is 0.0709. The van der Waals surface area contributed by atoms with Crippen molar-refractivity contribution >= 4 is 28.1 Å². The second kappa shape index (κ2) is 6.03. The average Bonchev–Trinajstić information content (AvgIpc) is 2.69. The van der Waals surface area contributed by atoms with E-state index in [2.05, 4.69) is 26.3 Å². The van der Waals surface area contributed by atoms with Crippen LogP contribution in [0.15, 0.2) is 42.7 Å². The molecule has 1 atom stereocenters. The predicted octanol–water partition coefficient (Wildman–Crippen LogP) is 2.68. The van der Waals surface area contributed by atoms with Crippen LogP contribution in [0.3, 0.4) is 0 Å². The molecule has 1 fully saturated rings. The first-order valence-corrected chi connectivity index (χ1v) is 8.60. The van der Waals surface area contributed by atoms with Crippen molar-refractivity contribution < 1.29 is 14.6 Å². The van der Waals surface area contributed by atoms with Crippen LogP contribution in [0, 0.1) is 0 Å². The lowest BCUT2D eigenvalue weighted by atomic mass is 10.1. The minimum absolute atomic E-state index is 0.224.